The molecular formula is C9H16N2. The lowest BCUT2D eigenvalue weighted by molar-refractivity contribution is 0.430. The van der Waals surface area contributed by atoms with E-state index in [9.17, 15) is 0 Å². The average Bonchev–Trinajstić information content (AvgIpc) is 2.50. The Labute approximate surface area is 68.6 Å². The minimum absolute atomic E-state index is 0.157. The van der Waals surface area contributed by atoms with E-state index in [1.807, 2.05) is 0 Å². The molecule has 2 nitrogen and oxygen atoms in total. The second-order valence-corrected chi connectivity index (χ2v) is 3.33. The zero-order chi connectivity index (χ0) is 8.16. The second kappa shape index (κ2) is 3.73. The molecule has 1 aliphatic heterocycles. The first-order valence-electron chi connectivity index (χ1n) is 4.49. The summed E-state index contributed by atoms with van der Waals surface area (Å²) in [6.07, 6.45) is 5.59. The molecule has 1 unspecified atom stereocenters. The van der Waals surface area contributed by atoms with Crippen LogP contribution in [-0.2, 0) is 0 Å². The molecule has 0 aromatic rings. The van der Waals surface area contributed by atoms with Gasteiger partial charge in [-0.15, -0.1) is 0 Å². The first-order valence-corrected chi connectivity index (χ1v) is 4.49. The van der Waals surface area contributed by atoms with Crippen LogP contribution in [-0.4, -0.2) is 12.1 Å². The molecule has 11 heavy (non-hydrogen) atoms. The number of unbranched alkanes of at least 4 members (excludes halogenated alkanes) is 1. The van der Waals surface area contributed by atoms with Crippen LogP contribution in [0.15, 0.2) is 0 Å². The predicted molar refractivity (Wildman–Crippen MR) is 45.1 cm³/mol. The van der Waals surface area contributed by atoms with E-state index in [0.717, 1.165) is 25.8 Å². The van der Waals surface area contributed by atoms with Crippen molar-refractivity contribution in [3.63, 3.8) is 0 Å². The third kappa shape index (κ3) is 1.94. The van der Waals surface area contributed by atoms with Gasteiger partial charge in [-0.25, -0.2) is 0 Å². The van der Waals surface area contributed by atoms with Crippen LogP contribution in [0.1, 0.15) is 39.0 Å². The maximum absolute atomic E-state index is 8.93. The third-order valence-corrected chi connectivity index (χ3v) is 2.41. The monoisotopic (exact) mass is 152 g/mol. The molecular weight excluding hydrogens is 136 g/mol. The zero-order valence-corrected chi connectivity index (χ0v) is 7.19. The van der Waals surface area contributed by atoms with E-state index >= 15 is 0 Å². The second-order valence-electron chi connectivity index (χ2n) is 3.33. The Morgan fingerprint density at radius 1 is 1.64 bits per heavy atom. The highest BCUT2D eigenvalue weighted by atomic mass is 15.0. The van der Waals surface area contributed by atoms with Crippen molar-refractivity contribution in [1.29, 1.82) is 5.26 Å². The van der Waals surface area contributed by atoms with Crippen molar-refractivity contribution in [2.24, 2.45) is 0 Å². The first kappa shape index (κ1) is 8.55. The molecule has 1 fully saturated rings. The normalized spacial score (nSPS) is 30.2. The van der Waals surface area contributed by atoms with Gasteiger partial charge in [0.2, 0.25) is 0 Å². The van der Waals surface area contributed by atoms with Crippen LogP contribution in [0, 0.1) is 11.3 Å². The Hall–Kier alpha value is -0.550. The minimum Gasteiger partial charge on any atom is -0.299 e. The molecule has 1 heterocycles. The average molecular weight is 152 g/mol. The highest BCUT2D eigenvalue weighted by molar-refractivity contribution is 5.09. The SMILES string of the molecule is CCCCC1(C#N)CCCN1. The van der Waals surface area contributed by atoms with E-state index < -0.39 is 0 Å². The van der Waals surface area contributed by atoms with Gasteiger partial charge >= 0.3 is 0 Å². The number of hydrogen-bond donors (Lipinski definition) is 1. The van der Waals surface area contributed by atoms with E-state index in [4.69, 9.17) is 5.26 Å². The van der Waals surface area contributed by atoms with Gasteiger partial charge in [0.25, 0.3) is 0 Å². The lowest BCUT2D eigenvalue weighted by Gasteiger charge is -2.19. The fraction of sp³-hybridized carbons (Fsp3) is 0.889. The van der Waals surface area contributed by atoms with Crippen LogP contribution in [0.4, 0.5) is 0 Å². The number of nitrogens with one attached hydrogen (secondary N) is 1. The quantitative estimate of drug-likeness (QED) is 0.669. The summed E-state index contributed by atoms with van der Waals surface area (Å²) in [7, 11) is 0. The molecule has 0 bridgehead atoms. The molecule has 1 saturated heterocycles. The highest BCUT2D eigenvalue weighted by Crippen LogP contribution is 2.24. The van der Waals surface area contributed by atoms with E-state index in [2.05, 4.69) is 18.3 Å². The zero-order valence-electron chi connectivity index (χ0n) is 7.19. The van der Waals surface area contributed by atoms with Gasteiger partial charge in [0.05, 0.1) is 6.07 Å². The molecule has 1 rings (SSSR count). The van der Waals surface area contributed by atoms with E-state index in [1.54, 1.807) is 0 Å². The molecule has 0 amide bonds. The summed E-state index contributed by atoms with van der Waals surface area (Å²) in [6, 6.07) is 2.40. The van der Waals surface area contributed by atoms with Crippen LogP contribution in [0.25, 0.3) is 0 Å². The molecule has 1 N–H and O–H groups in total. The topological polar surface area (TPSA) is 35.8 Å². The van der Waals surface area contributed by atoms with Crippen LogP contribution >= 0.6 is 0 Å². The first-order chi connectivity index (χ1) is 5.33. The fourth-order valence-corrected chi connectivity index (χ4v) is 1.65. The Kier molecular flexibility index (Phi) is 2.90. The van der Waals surface area contributed by atoms with Crippen LogP contribution < -0.4 is 5.32 Å². The van der Waals surface area contributed by atoms with Crippen molar-refractivity contribution >= 4 is 0 Å². The van der Waals surface area contributed by atoms with Crippen LogP contribution in [0.3, 0.4) is 0 Å². The van der Waals surface area contributed by atoms with E-state index in [-0.39, 0.29) is 5.54 Å². The fourth-order valence-electron chi connectivity index (χ4n) is 1.65. The molecule has 0 spiro atoms. The van der Waals surface area contributed by atoms with E-state index in [0.29, 0.717) is 0 Å². The number of rotatable bonds is 3. The molecule has 0 aliphatic carbocycles. The predicted octanol–water partition coefficient (Wildman–Crippen LogP) is 1.82. The molecule has 1 atom stereocenters. The molecule has 0 aromatic carbocycles. The number of nitrogens with zero attached hydrogens (tertiary/aromatic N) is 1. The smallest absolute Gasteiger partial charge is 0.106 e. The molecule has 0 radical (unpaired) electrons. The van der Waals surface area contributed by atoms with Gasteiger partial charge in [0, 0.05) is 0 Å². The standard InChI is InChI=1S/C9H16N2/c1-2-3-5-9(8-10)6-4-7-11-9/h11H,2-7H2,1H3. The molecule has 62 valence electrons. The highest BCUT2D eigenvalue weighted by Gasteiger charge is 2.32. The molecule has 1 aliphatic rings. The summed E-state index contributed by atoms with van der Waals surface area (Å²) in [6.45, 7) is 3.19. The van der Waals surface area contributed by atoms with Gasteiger partial charge in [-0.1, -0.05) is 19.8 Å². The van der Waals surface area contributed by atoms with Gasteiger partial charge in [-0.2, -0.15) is 5.26 Å². The summed E-state index contributed by atoms with van der Waals surface area (Å²) in [5, 5.41) is 12.2. The number of nitriles is 1. The largest absolute Gasteiger partial charge is 0.299 e. The van der Waals surface area contributed by atoms with Crippen molar-refractivity contribution < 1.29 is 0 Å². The van der Waals surface area contributed by atoms with Gasteiger partial charge in [0.1, 0.15) is 5.54 Å². The van der Waals surface area contributed by atoms with E-state index in [1.165, 1.54) is 12.8 Å². The maximum Gasteiger partial charge on any atom is 0.106 e. The third-order valence-electron chi connectivity index (χ3n) is 2.41. The van der Waals surface area contributed by atoms with Crippen molar-refractivity contribution in [3.8, 4) is 6.07 Å². The summed E-state index contributed by atoms with van der Waals surface area (Å²) in [4.78, 5) is 0. The summed E-state index contributed by atoms with van der Waals surface area (Å²) in [5.41, 5.74) is -0.157. The maximum atomic E-state index is 8.93. The van der Waals surface area contributed by atoms with Gasteiger partial charge < -0.3 is 0 Å². The Bertz CT molecular complexity index is 151. The minimum atomic E-state index is -0.157. The Morgan fingerprint density at radius 2 is 2.45 bits per heavy atom. The summed E-state index contributed by atoms with van der Waals surface area (Å²) < 4.78 is 0. The van der Waals surface area contributed by atoms with Gasteiger partial charge in [-0.3, -0.25) is 5.32 Å². The Morgan fingerprint density at radius 3 is 2.91 bits per heavy atom. The van der Waals surface area contributed by atoms with Gasteiger partial charge in [0.15, 0.2) is 0 Å². The van der Waals surface area contributed by atoms with Crippen LogP contribution in [0.5, 0.6) is 0 Å². The molecule has 0 aromatic heterocycles. The number of hydrogen-bond acceptors (Lipinski definition) is 2. The molecule has 0 saturated carbocycles. The van der Waals surface area contributed by atoms with Crippen molar-refractivity contribution in [1.82, 2.24) is 5.32 Å². The lowest BCUT2D eigenvalue weighted by Crippen LogP contribution is -2.37. The summed E-state index contributed by atoms with van der Waals surface area (Å²) in [5.74, 6) is 0. The summed E-state index contributed by atoms with van der Waals surface area (Å²) >= 11 is 0. The molecule has 2 heteroatoms. The van der Waals surface area contributed by atoms with Crippen molar-refractivity contribution in [2.75, 3.05) is 6.54 Å². The van der Waals surface area contributed by atoms with Gasteiger partial charge in [-0.05, 0) is 25.8 Å². The van der Waals surface area contributed by atoms with Crippen molar-refractivity contribution in [2.45, 2.75) is 44.6 Å². The van der Waals surface area contributed by atoms with Crippen molar-refractivity contribution in [3.05, 3.63) is 0 Å². The lowest BCUT2D eigenvalue weighted by atomic mass is 9.93. The Balaban J connectivity index is 2.41. The van der Waals surface area contributed by atoms with Crippen LogP contribution in [0.2, 0.25) is 0 Å².